The Bertz CT molecular complexity index is 555. The molecule has 2 rings (SSSR count). The zero-order chi connectivity index (χ0) is 13.8. The molecule has 0 aliphatic carbocycles. The summed E-state index contributed by atoms with van der Waals surface area (Å²) in [5.74, 6) is 0.791. The van der Waals surface area contributed by atoms with Crippen molar-refractivity contribution in [2.45, 2.75) is 13.0 Å². The van der Waals surface area contributed by atoms with E-state index in [-0.39, 0.29) is 6.04 Å². The summed E-state index contributed by atoms with van der Waals surface area (Å²) in [6.07, 6.45) is 0. The Morgan fingerprint density at radius 3 is 2.47 bits per heavy atom. The third-order valence-corrected chi connectivity index (χ3v) is 3.53. The highest BCUT2D eigenvalue weighted by atomic mass is 79.9. The van der Waals surface area contributed by atoms with Gasteiger partial charge in [-0.2, -0.15) is 0 Å². The van der Waals surface area contributed by atoms with Crippen molar-refractivity contribution >= 4 is 27.3 Å². The number of nitrogen functional groups attached to an aromatic ring is 1. The summed E-state index contributed by atoms with van der Waals surface area (Å²) < 4.78 is 6.28. The number of benzene rings is 2. The number of nitrogens with two attached hydrogens (primary N) is 1. The van der Waals surface area contributed by atoms with Crippen LogP contribution in [0.4, 0.5) is 11.4 Å². The van der Waals surface area contributed by atoms with E-state index in [1.807, 2.05) is 30.3 Å². The van der Waals surface area contributed by atoms with Crippen molar-refractivity contribution in [1.29, 1.82) is 0 Å². The van der Waals surface area contributed by atoms with Crippen LogP contribution < -0.4 is 15.8 Å². The molecule has 0 saturated heterocycles. The van der Waals surface area contributed by atoms with Gasteiger partial charge in [-0.1, -0.05) is 28.1 Å². The van der Waals surface area contributed by atoms with E-state index in [2.05, 4.69) is 40.3 Å². The van der Waals surface area contributed by atoms with E-state index in [1.54, 1.807) is 7.11 Å². The van der Waals surface area contributed by atoms with Gasteiger partial charge in [0, 0.05) is 16.6 Å². The second-order valence-corrected chi connectivity index (χ2v) is 5.29. The molecule has 0 aliphatic heterocycles. The number of nitrogens with one attached hydrogen (secondary N) is 1. The summed E-state index contributed by atoms with van der Waals surface area (Å²) >= 11 is 3.43. The molecule has 0 spiro atoms. The average Bonchev–Trinajstić information content (AvgIpc) is 2.42. The monoisotopic (exact) mass is 320 g/mol. The minimum atomic E-state index is 0.169. The lowest BCUT2D eigenvalue weighted by Crippen LogP contribution is -2.08. The Balaban J connectivity index is 2.18. The normalized spacial score (nSPS) is 11.9. The lowest BCUT2D eigenvalue weighted by Gasteiger charge is -2.18. The standard InChI is InChI=1S/C15H17BrN2O/c1-10(11-3-5-12(16)6-4-11)18-15-9-13(19-2)7-8-14(15)17/h3-10,18H,17H2,1-2H3. The van der Waals surface area contributed by atoms with E-state index < -0.39 is 0 Å². The van der Waals surface area contributed by atoms with Crippen molar-refractivity contribution in [3.8, 4) is 5.75 Å². The van der Waals surface area contributed by atoms with Gasteiger partial charge in [0.05, 0.1) is 18.5 Å². The summed E-state index contributed by atoms with van der Waals surface area (Å²) in [5.41, 5.74) is 8.77. The molecule has 1 unspecified atom stereocenters. The highest BCUT2D eigenvalue weighted by molar-refractivity contribution is 9.10. The highest BCUT2D eigenvalue weighted by Crippen LogP contribution is 2.28. The number of ether oxygens (including phenoxy) is 1. The SMILES string of the molecule is COc1ccc(N)c(NC(C)c2ccc(Br)cc2)c1. The van der Waals surface area contributed by atoms with Crippen LogP contribution >= 0.6 is 15.9 Å². The molecule has 2 aromatic carbocycles. The quantitative estimate of drug-likeness (QED) is 0.829. The van der Waals surface area contributed by atoms with Crippen LogP contribution in [0.1, 0.15) is 18.5 Å². The van der Waals surface area contributed by atoms with Crippen LogP contribution in [0.5, 0.6) is 5.75 Å². The van der Waals surface area contributed by atoms with E-state index in [4.69, 9.17) is 10.5 Å². The van der Waals surface area contributed by atoms with Crippen LogP contribution in [-0.2, 0) is 0 Å². The van der Waals surface area contributed by atoms with Crippen molar-refractivity contribution in [3.63, 3.8) is 0 Å². The summed E-state index contributed by atoms with van der Waals surface area (Å²) in [5, 5.41) is 3.40. The molecule has 1 atom stereocenters. The first-order valence-electron chi connectivity index (χ1n) is 6.05. The molecule has 3 N–H and O–H groups in total. The van der Waals surface area contributed by atoms with Crippen LogP contribution in [0.3, 0.4) is 0 Å². The number of methoxy groups -OCH3 is 1. The van der Waals surface area contributed by atoms with Crippen LogP contribution in [0.2, 0.25) is 0 Å². The molecule has 0 fully saturated rings. The van der Waals surface area contributed by atoms with Gasteiger partial charge in [-0.3, -0.25) is 0 Å². The van der Waals surface area contributed by atoms with Crippen molar-refractivity contribution in [1.82, 2.24) is 0 Å². The molecule has 2 aromatic rings. The molecule has 4 heteroatoms. The molecular formula is C15H17BrN2O. The second-order valence-electron chi connectivity index (χ2n) is 4.37. The van der Waals surface area contributed by atoms with Crippen molar-refractivity contribution in [2.75, 3.05) is 18.2 Å². The smallest absolute Gasteiger partial charge is 0.121 e. The third kappa shape index (κ3) is 3.41. The Morgan fingerprint density at radius 2 is 1.84 bits per heavy atom. The highest BCUT2D eigenvalue weighted by Gasteiger charge is 2.08. The summed E-state index contributed by atoms with van der Waals surface area (Å²) in [6, 6.07) is 14.0. The van der Waals surface area contributed by atoms with Gasteiger partial charge in [0.15, 0.2) is 0 Å². The fourth-order valence-corrected chi connectivity index (χ4v) is 2.12. The number of anilines is 2. The molecule has 0 aromatic heterocycles. The number of hydrogen-bond donors (Lipinski definition) is 2. The Morgan fingerprint density at radius 1 is 1.16 bits per heavy atom. The van der Waals surface area contributed by atoms with Gasteiger partial charge < -0.3 is 15.8 Å². The number of halogens is 1. The average molecular weight is 321 g/mol. The van der Waals surface area contributed by atoms with Crippen LogP contribution in [0, 0.1) is 0 Å². The molecule has 0 radical (unpaired) electrons. The van der Waals surface area contributed by atoms with E-state index >= 15 is 0 Å². The largest absolute Gasteiger partial charge is 0.497 e. The van der Waals surface area contributed by atoms with E-state index in [0.717, 1.165) is 15.9 Å². The molecule has 3 nitrogen and oxygen atoms in total. The third-order valence-electron chi connectivity index (χ3n) is 3.00. The fourth-order valence-electron chi connectivity index (χ4n) is 1.86. The minimum Gasteiger partial charge on any atom is -0.497 e. The van der Waals surface area contributed by atoms with Gasteiger partial charge >= 0.3 is 0 Å². The topological polar surface area (TPSA) is 47.3 Å². The molecule has 0 amide bonds. The second kappa shape index (κ2) is 5.97. The fraction of sp³-hybridized carbons (Fsp3) is 0.200. The molecule has 0 heterocycles. The zero-order valence-corrected chi connectivity index (χ0v) is 12.6. The maximum atomic E-state index is 5.97. The summed E-state index contributed by atoms with van der Waals surface area (Å²) in [7, 11) is 1.65. The number of hydrogen-bond acceptors (Lipinski definition) is 3. The Labute approximate surface area is 121 Å². The lowest BCUT2D eigenvalue weighted by molar-refractivity contribution is 0.415. The van der Waals surface area contributed by atoms with Gasteiger partial charge in [-0.05, 0) is 36.8 Å². The van der Waals surface area contributed by atoms with Gasteiger partial charge in [0.1, 0.15) is 5.75 Å². The number of rotatable bonds is 4. The summed E-state index contributed by atoms with van der Waals surface area (Å²) in [6.45, 7) is 2.10. The first-order valence-corrected chi connectivity index (χ1v) is 6.85. The van der Waals surface area contributed by atoms with Crippen LogP contribution in [0.25, 0.3) is 0 Å². The zero-order valence-electron chi connectivity index (χ0n) is 11.0. The molecule has 19 heavy (non-hydrogen) atoms. The van der Waals surface area contributed by atoms with Crippen LogP contribution in [0.15, 0.2) is 46.9 Å². The van der Waals surface area contributed by atoms with Gasteiger partial charge in [0.25, 0.3) is 0 Å². The van der Waals surface area contributed by atoms with E-state index in [0.29, 0.717) is 5.69 Å². The van der Waals surface area contributed by atoms with Gasteiger partial charge in [-0.25, -0.2) is 0 Å². The molecule has 100 valence electrons. The predicted molar refractivity (Wildman–Crippen MR) is 83.6 cm³/mol. The molecule has 0 saturated carbocycles. The molecular weight excluding hydrogens is 304 g/mol. The molecule has 0 aliphatic rings. The van der Waals surface area contributed by atoms with E-state index in [9.17, 15) is 0 Å². The van der Waals surface area contributed by atoms with Crippen molar-refractivity contribution in [2.24, 2.45) is 0 Å². The lowest BCUT2D eigenvalue weighted by atomic mass is 10.1. The van der Waals surface area contributed by atoms with Crippen molar-refractivity contribution < 1.29 is 4.74 Å². The summed E-state index contributed by atoms with van der Waals surface area (Å²) in [4.78, 5) is 0. The Hall–Kier alpha value is -1.68. The van der Waals surface area contributed by atoms with E-state index in [1.165, 1.54) is 5.56 Å². The van der Waals surface area contributed by atoms with Gasteiger partial charge in [-0.15, -0.1) is 0 Å². The first-order chi connectivity index (χ1) is 9.10. The Kier molecular flexibility index (Phi) is 4.32. The maximum Gasteiger partial charge on any atom is 0.121 e. The van der Waals surface area contributed by atoms with Crippen LogP contribution in [-0.4, -0.2) is 7.11 Å². The minimum absolute atomic E-state index is 0.169. The van der Waals surface area contributed by atoms with Gasteiger partial charge in [0.2, 0.25) is 0 Å². The maximum absolute atomic E-state index is 5.97. The molecule has 0 bridgehead atoms. The predicted octanol–water partition coefficient (Wildman–Crippen LogP) is 4.21. The first kappa shape index (κ1) is 13.7. The van der Waals surface area contributed by atoms with Crippen molar-refractivity contribution in [3.05, 3.63) is 52.5 Å².